The zero-order valence-electron chi connectivity index (χ0n) is 12.3. The summed E-state index contributed by atoms with van der Waals surface area (Å²) in [5.74, 6) is -1.02. The van der Waals surface area contributed by atoms with Crippen LogP contribution in [0.3, 0.4) is 0 Å². The predicted octanol–water partition coefficient (Wildman–Crippen LogP) is 0.975. The molecule has 20 heavy (non-hydrogen) atoms. The van der Waals surface area contributed by atoms with Gasteiger partial charge in [0.1, 0.15) is 6.04 Å². The van der Waals surface area contributed by atoms with E-state index in [2.05, 4.69) is 10.2 Å². The zero-order valence-corrected chi connectivity index (χ0v) is 12.3. The van der Waals surface area contributed by atoms with Crippen LogP contribution >= 0.6 is 0 Å². The number of carbonyl (C=O) groups excluding carboxylic acids is 1. The second kappa shape index (κ2) is 6.43. The lowest BCUT2D eigenvalue weighted by Crippen LogP contribution is -2.56. The number of nitrogens with one attached hydrogen (secondary N) is 1. The number of rotatable bonds is 5. The maximum Gasteiger partial charge on any atom is 0.326 e. The second-order valence-electron chi connectivity index (χ2n) is 5.91. The van der Waals surface area contributed by atoms with Crippen LogP contribution in [0.1, 0.15) is 33.1 Å². The van der Waals surface area contributed by atoms with Crippen molar-refractivity contribution in [3.8, 4) is 0 Å². The molecule has 6 heteroatoms. The van der Waals surface area contributed by atoms with Crippen molar-refractivity contribution >= 4 is 12.0 Å². The molecule has 1 saturated carbocycles. The van der Waals surface area contributed by atoms with Crippen LogP contribution in [0.4, 0.5) is 4.79 Å². The van der Waals surface area contributed by atoms with Crippen LogP contribution in [0.25, 0.3) is 0 Å². The number of nitrogens with zero attached hydrogens (tertiary/aromatic N) is 2. The quantitative estimate of drug-likeness (QED) is 0.789. The van der Waals surface area contributed by atoms with Crippen LogP contribution in [0.2, 0.25) is 0 Å². The number of urea groups is 1. The highest BCUT2D eigenvalue weighted by Gasteiger charge is 2.33. The van der Waals surface area contributed by atoms with E-state index in [1.165, 1.54) is 12.8 Å². The molecule has 1 aliphatic heterocycles. The van der Waals surface area contributed by atoms with Crippen molar-refractivity contribution in [2.45, 2.75) is 45.2 Å². The van der Waals surface area contributed by atoms with Gasteiger partial charge < -0.3 is 15.3 Å². The molecule has 2 rings (SSSR count). The fourth-order valence-electron chi connectivity index (χ4n) is 2.64. The average molecular weight is 283 g/mol. The molecule has 1 aliphatic carbocycles. The Kier molecular flexibility index (Phi) is 4.86. The summed E-state index contributed by atoms with van der Waals surface area (Å²) < 4.78 is 0. The zero-order chi connectivity index (χ0) is 14.7. The highest BCUT2D eigenvalue weighted by Crippen LogP contribution is 2.27. The average Bonchev–Trinajstić information content (AvgIpc) is 3.28. The predicted molar refractivity (Wildman–Crippen MR) is 75.6 cm³/mol. The molecule has 2 unspecified atom stereocenters. The van der Waals surface area contributed by atoms with E-state index in [0.29, 0.717) is 13.1 Å². The minimum Gasteiger partial charge on any atom is -0.480 e. The highest BCUT2D eigenvalue weighted by atomic mass is 16.4. The van der Waals surface area contributed by atoms with Crippen LogP contribution in [0.15, 0.2) is 0 Å². The molecule has 0 aromatic carbocycles. The van der Waals surface area contributed by atoms with Crippen molar-refractivity contribution in [1.82, 2.24) is 15.1 Å². The van der Waals surface area contributed by atoms with Crippen molar-refractivity contribution in [3.05, 3.63) is 0 Å². The van der Waals surface area contributed by atoms with E-state index in [-0.39, 0.29) is 11.9 Å². The molecule has 1 heterocycles. The molecule has 2 fully saturated rings. The SMILES string of the molecule is CCC(C)C(NC(=O)N1CCN(C2CC2)CC1)C(=O)O. The summed E-state index contributed by atoms with van der Waals surface area (Å²) >= 11 is 0. The Labute approximate surface area is 120 Å². The van der Waals surface area contributed by atoms with E-state index in [9.17, 15) is 14.7 Å². The first kappa shape index (κ1) is 15.1. The van der Waals surface area contributed by atoms with Gasteiger partial charge in [-0.05, 0) is 18.8 Å². The monoisotopic (exact) mass is 283 g/mol. The smallest absolute Gasteiger partial charge is 0.326 e. The Hall–Kier alpha value is -1.30. The highest BCUT2D eigenvalue weighted by molar-refractivity contribution is 5.82. The largest absolute Gasteiger partial charge is 0.480 e. The van der Waals surface area contributed by atoms with E-state index < -0.39 is 12.0 Å². The van der Waals surface area contributed by atoms with Crippen molar-refractivity contribution < 1.29 is 14.7 Å². The summed E-state index contributed by atoms with van der Waals surface area (Å²) in [7, 11) is 0. The Balaban J connectivity index is 1.82. The molecule has 0 bridgehead atoms. The summed E-state index contributed by atoms with van der Waals surface area (Å²) in [6.07, 6.45) is 3.29. The van der Waals surface area contributed by atoms with Crippen molar-refractivity contribution in [2.24, 2.45) is 5.92 Å². The second-order valence-corrected chi connectivity index (χ2v) is 5.91. The molecule has 2 aliphatic rings. The molecule has 0 radical (unpaired) electrons. The minimum absolute atomic E-state index is 0.0656. The van der Waals surface area contributed by atoms with Crippen molar-refractivity contribution in [2.75, 3.05) is 26.2 Å². The van der Waals surface area contributed by atoms with Crippen molar-refractivity contribution in [1.29, 1.82) is 0 Å². The lowest BCUT2D eigenvalue weighted by Gasteiger charge is -2.35. The molecular weight excluding hydrogens is 258 g/mol. The van der Waals surface area contributed by atoms with Gasteiger partial charge in [-0.1, -0.05) is 20.3 Å². The number of aliphatic carboxylic acids is 1. The van der Waals surface area contributed by atoms with Crippen LogP contribution in [0, 0.1) is 5.92 Å². The third-order valence-corrected chi connectivity index (χ3v) is 4.42. The van der Waals surface area contributed by atoms with E-state index >= 15 is 0 Å². The first-order valence-corrected chi connectivity index (χ1v) is 7.55. The lowest BCUT2D eigenvalue weighted by atomic mass is 9.99. The number of amides is 2. The van der Waals surface area contributed by atoms with Gasteiger partial charge in [-0.25, -0.2) is 9.59 Å². The number of hydrogen-bond donors (Lipinski definition) is 2. The summed E-state index contributed by atoms with van der Waals surface area (Å²) in [4.78, 5) is 27.5. The fourth-order valence-corrected chi connectivity index (χ4v) is 2.64. The summed E-state index contributed by atoms with van der Waals surface area (Å²) in [5.41, 5.74) is 0. The van der Waals surface area contributed by atoms with Gasteiger partial charge in [0.15, 0.2) is 0 Å². The number of carboxylic acid groups (broad SMARTS) is 1. The molecule has 0 aromatic heterocycles. The van der Waals surface area contributed by atoms with Crippen LogP contribution in [-0.2, 0) is 4.79 Å². The number of carbonyl (C=O) groups is 2. The van der Waals surface area contributed by atoms with Gasteiger partial charge in [0.05, 0.1) is 0 Å². The first-order valence-electron chi connectivity index (χ1n) is 7.55. The van der Waals surface area contributed by atoms with Crippen LogP contribution < -0.4 is 5.32 Å². The van der Waals surface area contributed by atoms with E-state index in [0.717, 1.165) is 25.6 Å². The molecule has 6 nitrogen and oxygen atoms in total. The van der Waals surface area contributed by atoms with Crippen molar-refractivity contribution in [3.63, 3.8) is 0 Å². The third-order valence-electron chi connectivity index (χ3n) is 4.42. The van der Waals surface area contributed by atoms with Crippen LogP contribution in [0.5, 0.6) is 0 Å². The Morgan fingerprint density at radius 2 is 1.85 bits per heavy atom. The van der Waals surface area contributed by atoms with Gasteiger partial charge in [0.25, 0.3) is 0 Å². The third kappa shape index (κ3) is 3.62. The molecular formula is C14H25N3O3. The molecule has 0 aromatic rings. The van der Waals surface area contributed by atoms with Gasteiger partial charge >= 0.3 is 12.0 Å². The normalized spacial score (nSPS) is 23.2. The number of piperazine rings is 1. The minimum atomic E-state index is -0.954. The van der Waals surface area contributed by atoms with E-state index in [1.807, 2.05) is 13.8 Å². The van der Waals surface area contributed by atoms with Gasteiger partial charge in [0, 0.05) is 32.2 Å². The topological polar surface area (TPSA) is 72.9 Å². The molecule has 1 saturated heterocycles. The number of carboxylic acids is 1. The summed E-state index contributed by atoms with van der Waals surface area (Å²) in [6.45, 7) is 6.97. The Bertz CT molecular complexity index is 363. The Morgan fingerprint density at radius 3 is 2.30 bits per heavy atom. The van der Waals surface area contributed by atoms with Gasteiger partial charge in [-0.2, -0.15) is 0 Å². The fraction of sp³-hybridized carbons (Fsp3) is 0.857. The maximum absolute atomic E-state index is 12.2. The first-order chi connectivity index (χ1) is 9.52. The Morgan fingerprint density at radius 1 is 1.25 bits per heavy atom. The summed E-state index contributed by atoms with van der Waals surface area (Å²) in [6, 6.07) is -0.311. The molecule has 2 atom stereocenters. The van der Waals surface area contributed by atoms with Gasteiger partial charge in [-0.3, -0.25) is 4.90 Å². The standard InChI is InChI=1S/C14H25N3O3/c1-3-10(2)12(13(18)19)15-14(20)17-8-6-16(7-9-17)11-4-5-11/h10-12H,3-9H2,1-2H3,(H,15,20)(H,18,19). The summed E-state index contributed by atoms with van der Waals surface area (Å²) in [5, 5.41) is 11.9. The molecule has 114 valence electrons. The van der Waals surface area contributed by atoms with Crippen LogP contribution in [-0.4, -0.2) is 65.2 Å². The molecule has 2 N–H and O–H groups in total. The molecule has 2 amide bonds. The maximum atomic E-state index is 12.2. The molecule has 0 spiro atoms. The van der Waals surface area contributed by atoms with E-state index in [1.54, 1.807) is 4.90 Å². The lowest BCUT2D eigenvalue weighted by molar-refractivity contribution is -0.140. The van der Waals surface area contributed by atoms with Gasteiger partial charge in [0.2, 0.25) is 0 Å². The van der Waals surface area contributed by atoms with Gasteiger partial charge in [-0.15, -0.1) is 0 Å². The van der Waals surface area contributed by atoms with E-state index in [4.69, 9.17) is 0 Å². The number of hydrogen-bond acceptors (Lipinski definition) is 3.